The maximum Gasteiger partial charge on any atom is 0.357 e. The van der Waals surface area contributed by atoms with Crippen LogP contribution in [0.3, 0.4) is 0 Å². The number of halogens is 2. The largest absolute Gasteiger partial charge is 0.464 e. The number of hydrogen-bond acceptors (Lipinski definition) is 4. The molecule has 1 aromatic carbocycles. The van der Waals surface area contributed by atoms with Crippen LogP contribution in [0.4, 0.5) is 10.1 Å². The second kappa shape index (κ2) is 7.37. The molecule has 0 aliphatic heterocycles. The molecule has 0 amide bonds. The first-order valence-electron chi connectivity index (χ1n) is 7.66. The smallest absolute Gasteiger partial charge is 0.357 e. The van der Waals surface area contributed by atoms with E-state index in [2.05, 4.69) is 24.6 Å². The molecule has 0 saturated carbocycles. The summed E-state index contributed by atoms with van der Waals surface area (Å²) in [7, 11) is -0.338. The van der Waals surface area contributed by atoms with Crippen LogP contribution in [0.1, 0.15) is 16.1 Å². The van der Waals surface area contributed by atoms with Gasteiger partial charge in [0.2, 0.25) is 0 Å². The Labute approximate surface area is 152 Å². The zero-order valence-corrected chi connectivity index (χ0v) is 16.3. The van der Waals surface area contributed by atoms with E-state index in [1.807, 2.05) is 5.70 Å². The second-order valence-electron chi connectivity index (χ2n) is 6.65. The first kappa shape index (κ1) is 19.1. The molecule has 4 nitrogen and oxygen atoms in total. The molecule has 0 saturated heterocycles. The molecule has 0 fully saturated rings. The number of anilines is 1. The predicted molar refractivity (Wildman–Crippen MR) is 103 cm³/mol. The maximum absolute atomic E-state index is 14.8. The fraction of sp³-hybridized carbons (Fsp3) is 0.222. The lowest BCUT2D eigenvalue weighted by molar-refractivity contribution is 0.0594. The number of methoxy groups -OCH3 is 1. The number of benzene rings is 1. The minimum Gasteiger partial charge on any atom is -0.464 e. The number of esters is 1. The topological polar surface area (TPSA) is 65.2 Å². The zero-order chi connectivity index (χ0) is 18.8. The number of nitrogen functional groups attached to an aromatic ring is 1. The molecule has 1 aromatic heterocycles. The molecule has 0 aliphatic rings. The first-order valence-corrected chi connectivity index (χ1v) is 11.6. The first-order chi connectivity index (χ1) is 11.6. The van der Waals surface area contributed by atoms with Crippen LogP contribution in [0.5, 0.6) is 0 Å². The summed E-state index contributed by atoms with van der Waals surface area (Å²) < 4.78 is 19.6. The van der Waals surface area contributed by atoms with Crippen LogP contribution in [-0.4, -0.2) is 26.1 Å². The van der Waals surface area contributed by atoms with Gasteiger partial charge in [-0.15, -0.1) is 0 Å². The Morgan fingerprint density at radius 2 is 1.88 bits per heavy atom. The van der Waals surface area contributed by atoms with E-state index in [1.165, 1.54) is 7.11 Å². The van der Waals surface area contributed by atoms with E-state index in [-0.39, 0.29) is 22.6 Å². The van der Waals surface area contributed by atoms with Crippen LogP contribution in [0.2, 0.25) is 24.7 Å². The van der Waals surface area contributed by atoms with Crippen LogP contribution in [0, 0.1) is 5.82 Å². The number of carbonyl (C=O) groups is 1. The highest BCUT2D eigenvalue weighted by Crippen LogP contribution is 2.31. The van der Waals surface area contributed by atoms with Gasteiger partial charge in [-0.25, -0.2) is 14.2 Å². The Balaban J connectivity index is 2.70. The number of rotatable bonds is 4. The Kier molecular flexibility index (Phi) is 5.64. The number of pyridine rings is 1. The Bertz CT molecular complexity index is 830. The minimum absolute atomic E-state index is 0.0131. The molecule has 0 bridgehead atoms. The minimum atomic E-state index is -1.59. The molecule has 25 heavy (non-hydrogen) atoms. The normalized spacial score (nSPS) is 11.8. The van der Waals surface area contributed by atoms with Crippen molar-refractivity contribution in [3.8, 4) is 11.3 Å². The highest BCUT2D eigenvalue weighted by atomic mass is 35.5. The average Bonchev–Trinajstić information content (AvgIpc) is 2.55. The molecule has 132 valence electrons. The van der Waals surface area contributed by atoms with Crippen LogP contribution in [0.15, 0.2) is 30.0 Å². The molecule has 0 atom stereocenters. The lowest BCUT2D eigenvalue weighted by Gasteiger charge is -2.14. The molecule has 2 N–H and O–H groups in total. The van der Waals surface area contributed by atoms with Crippen molar-refractivity contribution in [3.05, 3.63) is 52.1 Å². The van der Waals surface area contributed by atoms with Gasteiger partial charge in [0.05, 0.1) is 20.9 Å². The molecule has 0 unspecified atom stereocenters. The summed E-state index contributed by atoms with van der Waals surface area (Å²) in [4.78, 5) is 16.3. The van der Waals surface area contributed by atoms with Gasteiger partial charge in [-0.1, -0.05) is 55.2 Å². The summed E-state index contributed by atoms with van der Waals surface area (Å²) >= 11 is 5.87. The van der Waals surface area contributed by atoms with Crippen molar-refractivity contribution in [3.63, 3.8) is 0 Å². The number of carbonyl (C=O) groups excluding carboxylic acids is 1. The van der Waals surface area contributed by atoms with Crippen molar-refractivity contribution in [2.45, 2.75) is 19.6 Å². The monoisotopic (exact) mass is 378 g/mol. The highest BCUT2D eigenvalue weighted by Gasteiger charge is 2.23. The van der Waals surface area contributed by atoms with E-state index in [4.69, 9.17) is 22.1 Å². The van der Waals surface area contributed by atoms with Crippen LogP contribution >= 0.6 is 11.6 Å². The number of nitrogens with zero attached hydrogens (tertiary/aromatic N) is 1. The Morgan fingerprint density at radius 1 is 1.28 bits per heavy atom. The molecular formula is C18H20ClFN2O2Si. The number of nitrogens with two attached hydrogens (primary N) is 1. The van der Waals surface area contributed by atoms with E-state index < -0.39 is 19.9 Å². The van der Waals surface area contributed by atoms with Gasteiger partial charge < -0.3 is 10.5 Å². The average molecular weight is 379 g/mol. The van der Waals surface area contributed by atoms with Crippen molar-refractivity contribution in [1.29, 1.82) is 0 Å². The van der Waals surface area contributed by atoms with Crippen molar-refractivity contribution in [1.82, 2.24) is 4.98 Å². The molecule has 2 aromatic rings. The molecule has 2 rings (SSSR count). The summed E-state index contributed by atoms with van der Waals surface area (Å²) in [6, 6.07) is 6.47. The van der Waals surface area contributed by atoms with Gasteiger partial charge in [0.1, 0.15) is 5.69 Å². The van der Waals surface area contributed by atoms with E-state index in [1.54, 1.807) is 30.3 Å². The summed E-state index contributed by atoms with van der Waals surface area (Å²) in [5.41, 5.74) is 8.51. The van der Waals surface area contributed by atoms with Gasteiger partial charge in [-0.2, -0.15) is 0 Å². The third-order valence-electron chi connectivity index (χ3n) is 3.46. The standard InChI is InChI=1S/C18H20ClFN2O2Si/c1-24-18(23)17-13(9-10-25(2,3)4)15(21)14(20)16(22-17)11-5-7-12(19)8-6-11/h5-10H,1-4H3,(H2,21,22). The Morgan fingerprint density at radius 3 is 2.40 bits per heavy atom. The lowest BCUT2D eigenvalue weighted by atomic mass is 10.1. The quantitative estimate of drug-likeness (QED) is 0.613. The van der Waals surface area contributed by atoms with Crippen LogP contribution in [0.25, 0.3) is 17.3 Å². The zero-order valence-electron chi connectivity index (χ0n) is 14.6. The number of aromatic nitrogens is 1. The van der Waals surface area contributed by atoms with Crippen molar-refractivity contribution in [2.75, 3.05) is 12.8 Å². The predicted octanol–water partition coefficient (Wildman–Crippen LogP) is 4.80. The maximum atomic E-state index is 14.8. The number of hydrogen-bond donors (Lipinski definition) is 1. The second-order valence-corrected chi connectivity index (χ2v) is 12.2. The molecule has 7 heteroatoms. The van der Waals surface area contributed by atoms with E-state index in [9.17, 15) is 9.18 Å². The third kappa shape index (κ3) is 4.46. The summed E-state index contributed by atoms with van der Waals surface area (Å²) in [6.07, 6.45) is 1.66. The molecule has 0 spiro atoms. The fourth-order valence-corrected chi connectivity index (χ4v) is 2.94. The molecule has 0 aliphatic carbocycles. The van der Waals surface area contributed by atoms with E-state index in [0.29, 0.717) is 10.6 Å². The summed E-state index contributed by atoms with van der Waals surface area (Å²) in [6.45, 7) is 6.34. The van der Waals surface area contributed by atoms with Crippen LogP contribution in [-0.2, 0) is 4.74 Å². The van der Waals surface area contributed by atoms with Gasteiger partial charge >= 0.3 is 5.97 Å². The Hall–Kier alpha value is -2.18. The molecule has 1 heterocycles. The lowest BCUT2D eigenvalue weighted by Crippen LogP contribution is -2.16. The van der Waals surface area contributed by atoms with Crippen LogP contribution < -0.4 is 5.73 Å². The molecular weight excluding hydrogens is 359 g/mol. The van der Waals surface area contributed by atoms with Crippen molar-refractivity contribution >= 4 is 37.4 Å². The van der Waals surface area contributed by atoms with Gasteiger partial charge in [0.15, 0.2) is 11.5 Å². The van der Waals surface area contributed by atoms with E-state index in [0.717, 1.165) is 0 Å². The third-order valence-corrected chi connectivity index (χ3v) is 4.88. The van der Waals surface area contributed by atoms with Gasteiger partial charge in [0.25, 0.3) is 0 Å². The van der Waals surface area contributed by atoms with Crippen molar-refractivity contribution in [2.24, 2.45) is 0 Å². The summed E-state index contributed by atoms with van der Waals surface area (Å²) in [5, 5.41) is 0.514. The SMILES string of the molecule is COC(=O)c1nc(-c2ccc(Cl)cc2)c(F)c(N)c1C=C[Si](C)(C)C. The van der Waals surface area contributed by atoms with Gasteiger partial charge in [-0.05, 0) is 12.1 Å². The van der Waals surface area contributed by atoms with Gasteiger partial charge in [-0.3, -0.25) is 0 Å². The highest BCUT2D eigenvalue weighted by molar-refractivity contribution is 6.81. The van der Waals surface area contributed by atoms with E-state index >= 15 is 0 Å². The fourth-order valence-electron chi connectivity index (χ4n) is 2.15. The van der Waals surface area contributed by atoms with Crippen molar-refractivity contribution < 1.29 is 13.9 Å². The molecule has 0 radical (unpaired) electrons. The number of ether oxygens (including phenoxy) is 1. The van der Waals surface area contributed by atoms with Gasteiger partial charge in [0, 0.05) is 16.1 Å². The summed E-state index contributed by atoms with van der Waals surface area (Å²) in [5.74, 6) is -1.35.